The summed E-state index contributed by atoms with van der Waals surface area (Å²) in [6.45, 7) is 3.11. The summed E-state index contributed by atoms with van der Waals surface area (Å²) in [5.74, 6) is 1.45. The van der Waals surface area contributed by atoms with Crippen LogP contribution < -0.4 is 5.32 Å². The van der Waals surface area contributed by atoms with E-state index in [2.05, 4.69) is 20.4 Å². The van der Waals surface area contributed by atoms with Gasteiger partial charge in [-0.15, -0.1) is 0 Å². The summed E-state index contributed by atoms with van der Waals surface area (Å²) in [5.41, 5.74) is 1.02. The van der Waals surface area contributed by atoms with Crippen molar-refractivity contribution in [3.63, 3.8) is 0 Å². The molecule has 2 aliphatic rings. The Bertz CT molecular complexity index is 576. The Labute approximate surface area is 128 Å². The zero-order valence-corrected chi connectivity index (χ0v) is 12.8. The van der Waals surface area contributed by atoms with Gasteiger partial charge < -0.3 is 9.84 Å². The van der Waals surface area contributed by atoms with Crippen molar-refractivity contribution in [2.75, 3.05) is 13.1 Å². The van der Waals surface area contributed by atoms with Gasteiger partial charge in [0.25, 0.3) is 5.89 Å². The normalized spacial score (nSPS) is 26.7. The first kappa shape index (κ1) is 13.4. The van der Waals surface area contributed by atoms with E-state index in [1.165, 1.54) is 32.2 Å². The summed E-state index contributed by atoms with van der Waals surface area (Å²) in [7, 11) is 0. The van der Waals surface area contributed by atoms with E-state index in [4.69, 9.17) is 4.52 Å². The van der Waals surface area contributed by atoms with E-state index in [9.17, 15) is 0 Å². The SMILES string of the molecule is c1cc(-c2nc(CN3CCCC3C3CCCN3)no2)cs1. The molecule has 4 rings (SSSR count). The number of likely N-dealkylation sites (tertiary alicyclic amines) is 1. The summed E-state index contributed by atoms with van der Waals surface area (Å²) in [6.07, 6.45) is 5.16. The largest absolute Gasteiger partial charge is 0.334 e. The Morgan fingerprint density at radius 2 is 2.38 bits per heavy atom. The minimum Gasteiger partial charge on any atom is -0.334 e. The number of nitrogens with one attached hydrogen (secondary N) is 1. The molecular weight excluding hydrogens is 284 g/mol. The molecule has 2 aromatic rings. The van der Waals surface area contributed by atoms with Crippen LogP contribution in [0.3, 0.4) is 0 Å². The van der Waals surface area contributed by atoms with Gasteiger partial charge in [0.15, 0.2) is 5.82 Å². The number of thiophene rings is 1. The standard InChI is InChI=1S/C15H20N4OS/c1-3-12(16-6-1)13-4-2-7-19(13)9-14-17-15(20-18-14)11-5-8-21-10-11/h5,8,10,12-13,16H,1-4,6-7,9H2. The first-order valence-corrected chi connectivity index (χ1v) is 8.67. The molecule has 0 spiro atoms. The maximum absolute atomic E-state index is 5.38. The fourth-order valence-corrected chi connectivity index (χ4v) is 4.18. The highest BCUT2D eigenvalue weighted by atomic mass is 32.1. The molecule has 2 unspecified atom stereocenters. The highest BCUT2D eigenvalue weighted by Gasteiger charge is 2.33. The molecule has 2 aromatic heterocycles. The molecule has 0 aromatic carbocycles. The van der Waals surface area contributed by atoms with Gasteiger partial charge in [-0.2, -0.15) is 16.3 Å². The second kappa shape index (κ2) is 5.87. The highest BCUT2D eigenvalue weighted by molar-refractivity contribution is 7.08. The van der Waals surface area contributed by atoms with Gasteiger partial charge in [-0.1, -0.05) is 5.16 Å². The summed E-state index contributed by atoms with van der Waals surface area (Å²) in [4.78, 5) is 7.06. The predicted octanol–water partition coefficient (Wildman–Crippen LogP) is 2.51. The zero-order chi connectivity index (χ0) is 14.1. The summed E-state index contributed by atoms with van der Waals surface area (Å²) >= 11 is 1.65. The molecular formula is C15H20N4OS. The van der Waals surface area contributed by atoms with Crippen LogP contribution in [0.15, 0.2) is 21.3 Å². The smallest absolute Gasteiger partial charge is 0.258 e. The topological polar surface area (TPSA) is 54.2 Å². The van der Waals surface area contributed by atoms with Crippen molar-refractivity contribution in [1.82, 2.24) is 20.4 Å². The molecule has 5 nitrogen and oxygen atoms in total. The lowest BCUT2D eigenvalue weighted by Gasteiger charge is -2.28. The lowest BCUT2D eigenvalue weighted by molar-refractivity contribution is 0.199. The predicted molar refractivity (Wildman–Crippen MR) is 82.1 cm³/mol. The quantitative estimate of drug-likeness (QED) is 0.940. The van der Waals surface area contributed by atoms with E-state index >= 15 is 0 Å². The molecule has 0 bridgehead atoms. The van der Waals surface area contributed by atoms with Crippen molar-refractivity contribution in [3.05, 3.63) is 22.7 Å². The van der Waals surface area contributed by atoms with Crippen LogP contribution in [-0.2, 0) is 6.54 Å². The molecule has 0 amide bonds. The van der Waals surface area contributed by atoms with Crippen LogP contribution in [0, 0.1) is 0 Å². The van der Waals surface area contributed by atoms with Crippen LogP contribution >= 0.6 is 11.3 Å². The second-order valence-corrected chi connectivity index (χ2v) is 6.69. The Hall–Kier alpha value is -1.24. The number of rotatable bonds is 4. The van der Waals surface area contributed by atoms with Crippen LogP contribution in [0.4, 0.5) is 0 Å². The number of nitrogens with zero attached hydrogens (tertiary/aromatic N) is 3. The third-order valence-corrected chi connectivity index (χ3v) is 5.24. The van der Waals surface area contributed by atoms with Crippen molar-refractivity contribution in [2.45, 2.75) is 44.3 Å². The fraction of sp³-hybridized carbons (Fsp3) is 0.600. The van der Waals surface area contributed by atoms with E-state index in [1.807, 2.05) is 16.8 Å². The van der Waals surface area contributed by atoms with E-state index in [-0.39, 0.29) is 0 Å². The number of hydrogen-bond donors (Lipinski definition) is 1. The van der Waals surface area contributed by atoms with Crippen LogP contribution in [0.5, 0.6) is 0 Å². The van der Waals surface area contributed by atoms with Crippen molar-refractivity contribution in [2.24, 2.45) is 0 Å². The third kappa shape index (κ3) is 2.75. The van der Waals surface area contributed by atoms with Gasteiger partial charge in [0, 0.05) is 17.5 Å². The zero-order valence-electron chi connectivity index (χ0n) is 12.0. The second-order valence-electron chi connectivity index (χ2n) is 5.91. The third-order valence-electron chi connectivity index (χ3n) is 4.56. The van der Waals surface area contributed by atoms with E-state index < -0.39 is 0 Å². The Kier molecular flexibility index (Phi) is 3.75. The molecule has 0 radical (unpaired) electrons. The van der Waals surface area contributed by atoms with Crippen LogP contribution in [0.25, 0.3) is 11.5 Å². The molecule has 1 N–H and O–H groups in total. The molecule has 2 aliphatic heterocycles. The van der Waals surface area contributed by atoms with Crippen molar-refractivity contribution >= 4 is 11.3 Å². The van der Waals surface area contributed by atoms with E-state index in [1.54, 1.807) is 11.3 Å². The van der Waals surface area contributed by atoms with Gasteiger partial charge in [-0.25, -0.2) is 0 Å². The molecule has 4 heterocycles. The summed E-state index contributed by atoms with van der Waals surface area (Å²) in [6, 6.07) is 3.30. The van der Waals surface area contributed by atoms with Crippen LogP contribution in [0.1, 0.15) is 31.5 Å². The van der Waals surface area contributed by atoms with Crippen molar-refractivity contribution in [3.8, 4) is 11.5 Å². The molecule has 2 saturated heterocycles. The van der Waals surface area contributed by atoms with E-state index in [0.29, 0.717) is 18.0 Å². The van der Waals surface area contributed by atoms with Gasteiger partial charge in [0.05, 0.1) is 12.1 Å². The van der Waals surface area contributed by atoms with Crippen molar-refractivity contribution < 1.29 is 4.52 Å². The molecule has 2 atom stereocenters. The molecule has 2 fully saturated rings. The first-order chi connectivity index (χ1) is 10.4. The Morgan fingerprint density at radius 3 is 3.19 bits per heavy atom. The maximum atomic E-state index is 5.38. The Morgan fingerprint density at radius 1 is 1.38 bits per heavy atom. The van der Waals surface area contributed by atoms with Gasteiger partial charge in [0.2, 0.25) is 0 Å². The Balaban J connectivity index is 1.45. The van der Waals surface area contributed by atoms with Crippen LogP contribution in [-0.4, -0.2) is 40.2 Å². The summed E-state index contributed by atoms with van der Waals surface area (Å²) < 4.78 is 5.38. The van der Waals surface area contributed by atoms with Gasteiger partial charge in [-0.3, -0.25) is 4.90 Å². The molecule has 112 valence electrons. The molecule has 0 saturated carbocycles. The summed E-state index contributed by atoms with van der Waals surface area (Å²) in [5, 5.41) is 11.9. The van der Waals surface area contributed by atoms with Gasteiger partial charge in [0.1, 0.15) is 0 Å². The minimum atomic E-state index is 0.635. The lowest BCUT2D eigenvalue weighted by Crippen LogP contribution is -2.43. The molecule has 21 heavy (non-hydrogen) atoms. The molecule has 6 heteroatoms. The lowest BCUT2D eigenvalue weighted by atomic mass is 10.0. The molecule has 0 aliphatic carbocycles. The van der Waals surface area contributed by atoms with Gasteiger partial charge in [-0.05, 0) is 50.2 Å². The van der Waals surface area contributed by atoms with Crippen molar-refractivity contribution in [1.29, 1.82) is 0 Å². The highest BCUT2D eigenvalue weighted by Crippen LogP contribution is 2.26. The fourth-order valence-electron chi connectivity index (χ4n) is 3.55. The monoisotopic (exact) mass is 304 g/mol. The number of hydrogen-bond acceptors (Lipinski definition) is 6. The van der Waals surface area contributed by atoms with Crippen LogP contribution in [0.2, 0.25) is 0 Å². The maximum Gasteiger partial charge on any atom is 0.258 e. The van der Waals surface area contributed by atoms with Gasteiger partial charge >= 0.3 is 0 Å². The number of aromatic nitrogens is 2. The minimum absolute atomic E-state index is 0.635. The average molecular weight is 304 g/mol. The van der Waals surface area contributed by atoms with E-state index in [0.717, 1.165) is 24.5 Å². The average Bonchev–Trinajstić information content (AvgIpc) is 3.28. The first-order valence-electron chi connectivity index (χ1n) is 7.73.